The molecule has 0 saturated heterocycles. The van der Waals surface area contributed by atoms with Gasteiger partial charge in [-0.25, -0.2) is 13.4 Å². The van der Waals surface area contributed by atoms with Crippen LogP contribution in [0.2, 0.25) is 0 Å². The van der Waals surface area contributed by atoms with Crippen molar-refractivity contribution >= 4 is 58.8 Å². The van der Waals surface area contributed by atoms with Crippen LogP contribution in [0.25, 0.3) is 27.4 Å². The van der Waals surface area contributed by atoms with Crippen molar-refractivity contribution in [3.63, 3.8) is 0 Å². The van der Waals surface area contributed by atoms with Gasteiger partial charge in [0.1, 0.15) is 10.7 Å². The Morgan fingerprint density at radius 3 is 2.15 bits per heavy atom. The average molecular weight is 686 g/mol. The number of aromatic nitrogens is 1. The third-order valence-corrected chi connectivity index (χ3v) is 11.1. The minimum Gasteiger partial charge on any atom is -0.506 e. The van der Waals surface area contributed by atoms with Crippen LogP contribution in [0.4, 0.5) is 11.4 Å². The van der Waals surface area contributed by atoms with Crippen molar-refractivity contribution in [3.05, 3.63) is 127 Å². The largest absolute Gasteiger partial charge is 0.506 e. The normalized spacial score (nSPS) is 13.1. The Hall–Kier alpha value is -4.95. The minimum atomic E-state index is -4.86. The van der Waals surface area contributed by atoms with Gasteiger partial charge in [-0.05, 0) is 48.8 Å². The zero-order chi connectivity index (χ0) is 34.4. The summed E-state index contributed by atoms with van der Waals surface area (Å²) in [4.78, 5) is 33.0. The molecule has 246 valence electrons. The second-order valence-electron chi connectivity index (χ2n) is 11.2. The monoisotopic (exact) mass is 685 g/mol. The minimum absolute atomic E-state index is 0.0203. The van der Waals surface area contributed by atoms with Crippen LogP contribution < -0.4 is 21.5 Å². The molecule has 0 amide bonds. The van der Waals surface area contributed by atoms with Gasteiger partial charge in [-0.3, -0.25) is 14.1 Å². The Morgan fingerprint density at radius 2 is 1.48 bits per heavy atom. The highest BCUT2D eigenvalue weighted by Crippen LogP contribution is 2.32. The van der Waals surface area contributed by atoms with Crippen molar-refractivity contribution in [2.45, 2.75) is 23.6 Å². The molecule has 4 aromatic carbocycles. The molecule has 3 N–H and O–H groups in total. The fourth-order valence-electron chi connectivity index (χ4n) is 6.02. The van der Waals surface area contributed by atoms with Gasteiger partial charge in [0.2, 0.25) is 0 Å². The van der Waals surface area contributed by atoms with Crippen LogP contribution in [0.1, 0.15) is 19.4 Å². The molecule has 11 nitrogen and oxygen atoms in total. The molecule has 1 aliphatic carbocycles. The highest BCUT2D eigenvalue weighted by atomic mass is 32.2. The summed E-state index contributed by atoms with van der Waals surface area (Å²) in [7, 11) is -8.76. The van der Waals surface area contributed by atoms with Crippen LogP contribution in [-0.2, 0) is 20.0 Å². The smallest absolute Gasteiger partial charge is 0.296 e. The van der Waals surface area contributed by atoms with E-state index < -0.39 is 35.8 Å². The fourth-order valence-corrected chi connectivity index (χ4v) is 7.95. The number of hydrogen-bond donors (Lipinski definition) is 3. The van der Waals surface area contributed by atoms with E-state index in [1.807, 2.05) is 18.7 Å². The fraction of sp³-hybridized carbons (Fsp3) is 0.171. The van der Waals surface area contributed by atoms with Crippen LogP contribution >= 0.6 is 0 Å². The molecule has 0 spiro atoms. The standard InChI is InChI=1S/C35H31N3O8S2/c1-3-38(4-2)18-19-47(42,43)22-14-17-28(48(44,45)46)27(20-22)36-26-16-15-25-30-29(23-12-8-9-13-24(23)34(40)31(26)30)32(35(41)37-25)33(39)21-10-6-5-7-11-21/h5-17,20,36,39H,3-4,18-19H2,1-2H3,(H,44,45,46). The number of aliphatic hydroxyl groups is 1. The molecule has 0 unspecified atom stereocenters. The third-order valence-electron chi connectivity index (χ3n) is 8.50. The number of nitrogens with zero attached hydrogens (tertiary/aromatic N) is 2. The lowest BCUT2D eigenvalue weighted by Gasteiger charge is -2.18. The third kappa shape index (κ3) is 5.85. The van der Waals surface area contributed by atoms with Crippen molar-refractivity contribution in [3.8, 4) is 0 Å². The predicted octanol–water partition coefficient (Wildman–Crippen LogP) is 3.81. The number of fused-ring (bicyclic) bond motifs is 2. The zero-order valence-electron chi connectivity index (χ0n) is 26.0. The van der Waals surface area contributed by atoms with Gasteiger partial charge in [0.05, 0.1) is 38.1 Å². The van der Waals surface area contributed by atoms with Gasteiger partial charge < -0.3 is 15.3 Å². The van der Waals surface area contributed by atoms with Crippen molar-refractivity contribution in [2.24, 2.45) is 0 Å². The maximum atomic E-state index is 14.2. The van der Waals surface area contributed by atoms with Crippen LogP contribution in [0.5, 0.6) is 0 Å². The summed E-state index contributed by atoms with van der Waals surface area (Å²) in [6.07, 6.45) is 0. The Morgan fingerprint density at radius 1 is 0.812 bits per heavy atom. The van der Waals surface area contributed by atoms with Crippen LogP contribution in [-0.4, -0.2) is 61.8 Å². The molecule has 0 bridgehead atoms. The van der Waals surface area contributed by atoms with Gasteiger partial charge in [-0.1, -0.05) is 68.4 Å². The number of nitrogens with one attached hydrogen (secondary N) is 1. The van der Waals surface area contributed by atoms with Crippen molar-refractivity contribution in [2.75, 3.05) is 30.7 Å². The summed E-state index contributed by atoms with van der Waals surface area (Å²) >= 11 is 0. The maximum Gasteiger partial charge on any atom is 0.296 e. The van der Waals surface area contributed by atoms with E-state index in [2.05, 4.69) is 10.3 Å². The van der Waals surface area contributed by atoms with E-state index in [-0.39, 0.29) is 66.3 Å². The highest BCUT2D eigenvalue weighted by molar-refractivity contribution is 7.91. The number of rotatable bonds is 10. The number of aliphatic hydroxyl groups excluding tert-OH is 1. The Bertz CT molecular complexity index is 2670. The van der Waals surface area contributed by atoms with E-state index in [0.29, 0.717) is 24.0 Å². The molecular weight excluding hydrogens is 655 g/mol. The molecule has 1 aliphatic heterocycles. The highest BCUT2D eigenvalue weighted by Gasteiger charge is 2.24. The molecule has 48 heavy (non-hydrogen) atoms. The second-order valence-corrected chi connectivity index (χ2v) is 14.7. The van der Waals surface area contributed by atoms with Gasteiger partial charge in [0.15, 0.2) is 15.3 Å². The van der Waals surface area contributed by atoms with Crippen LogP contribution in [0.15, 0.2) is 104 Å². The summed E-state index contributed by atoms with van der Waals surface area (Å²) in [6, 6.07) is 21.1. The summed E-state index contributed by atoms with van der Waals surface area (Å²) < 4.78 is 61.7. The van der Waals surface area contributed by atoms with Gasteiger partial charge >= 0.3 is 0 Å². The first-order valence-electron chi connectivity index (χ1n) is 15.1. The Kier molecular flexibility index (Phi) is 8.64. The van der Waals surface area contributed by atoms with E-state index >= 15 is 0 Å². The van der Waals surface area contributed by atoms with Gasteiger partial charge in [-0.2, -0.15) is 8.42 Å². The molecule has 2 aliphatic rings. The quantitative estimate of drug-likeness (QED) is 0.179. The molecule has 13 heteroatoms. The topological polar surface area (TPSA) is 171 Å². The molecule has 0 atom stereocenters. The maximum absolute atomic E-state index is 14.2. The Labute approximate surface area is 275 Å². The first-order valence-corrected chi connectivity index (χ1v) is 18.2. The van der Waals surface area contributed by atoms with E-state index in [0.717, 1.165) is 18.2 Å². The molecule has 0 saturated carbocycles. The lowest BCUT2D eigenvalue weighted by molar-refractivity contribution is 0.321. The van der Waals surface area contributed by atoms with Crippen molar-refractivity contribution in [1.82, 2.24) is 9.88 Å². The van der Waals surface area contributed by atoms with E-state index in [1.54, 1.807) is 54.6 Å². The van der Waals surface area contributed by atoms with Crippen LogP contribution in [0.3, 0.4) is 0 Å². The molecule has 0 aromatic heterocycles. The number of sulfone groups is 1. The molecular formula is C35H31N3O8S2. The number of hydrogen-bond acceptors (Lipinski definition) is 10. The molecule has 6 rings (SSSR count). The summed E-state index contributed by atoms with van der Waals surface area (Å²) in [5.74, 6) is -0.568. The molecule has 4 aromatic rings. The first kappa shape index (κ1) is 33.0. The van der Waals surface area contributed by atoms with E-state index in [4.69, 9.17) is 0 Å². The van der Waals surface area contributed by atoms with Gasteiger partial charge in [-0.15, -0.1) is 0 Å². The number of anilines is 2. The molecule has 0 radical (unpaired) electrons. The lowest BCUT2D eigenvalue weighted by atomic mass is 9.96. The van der Waals surface area contributed by atoms with Crippen LogP contribution in [0, 0.1) is 10.4 Å². The van der Waals surface area contributed by atoms with Gasteiger partial charge in [0, 0.05) is 27.9 Å². The van der Waals surface area contributed by atoms with E-state index in [9.17, 15) is 36.1 Å². The Balaban J connectivity index is 1.67. The summed E-state index contributed by atoms with van der Waals surface area (Å²) in [5.41, 5.74) is -0.895. The second kappa shape index (κ2) is 12.6. The predicted molar refractivity (Wildman–Crippen MR) is 184 cm³/mol. The van der Waals surface area contributed by atoms with E-state index in [1.165, 1.54) is 12.1 Å². The lowest BCUT2D eigenvalue weighted by Crippen LogP contribution is -2.33. The van der Waals surface area contributed by atoms with Gasteiger partial charge in [0.25, 0.3) is 15.7 Å². The first-order chi connectivity index (χ1) is 22.9. The SMILES string of the molecule is CCN(CC)CCS(=O)(=O)c1ccc(S(=O)(=O)O)c(Nc2ccc3nc(=O)c(=C(O)c4ccccc4)c4c5ccccc5c(=O)c2c3=4)c1. The summed E-state index contributed by atoms with van der Waals surface area (Å²) in [5, 5.41) is 15.3. The molecule has 1 heterocycles. The van der Waals surface area contributed by atoms with Crippen molar-refractivity contribution < 1.29 is 26.5 Å². The average Bonchev–Trinajstić information content (AvgIpc) is 3.07. The molecule has 0 fully saturated rings. The zero-order valence-corrected chi connectivity index (χ0v) is 27.6. The number of benzene rings is 4. The van der Waals surface area contributed by atoms with Crippen molar-refractivity contribution in [1.29, 1.82) is 0 Å². The summed E-state index contributed by atoms with van der Waals surface area (Å²) in [6.45, 7) is 5.38.